The number of anilines is 1. The van der Waals surface area contributed by atoms with Crippen molar-refractivity contribution in [1.82, 2.24) is 10.2 Å². The van der Waals surface area contributed by atoms with Crippen LogP contribution in [0.3, 0.4) is 0 Å². The molecule has 1 aliphatic heterocycles. The molecule has 5 nitrogen and oxygen atoms in total. The summed E-state index contributed by atoms with van der Waals surface area (Å²) in [5, 5.41) is 2.65. The Kier molecular flexibility index (Phi) is 3.37. The SMILES string of the molecule is CC1(C)C(=O)NCCN1C(=O)c1cc(F)c(F)cc1N. The maximum absolute atomic E-state index is 13.3. The van der Waals surface area contributed by atoms with E-state index < -0.39 is 23.1 Å². The van der Waals surface area contributed by atoms with Gasteiger partial charge in [-0.05, 0) is 19.9 Å². The first kappa shape index (κ1) is 14.2. The van der Waals surface area contributed by atoms with Crippen LogP contribution in [-0.2, 0) is 4.79 Å². The largest absolute Gasteiger partial charge is 0.398 e. The van der Waals surface area contributed by atoms with E-state index in [9.17, 15) is 18.4 Å². The molecule has 0 aromatic heterocycles. The number of halogens is 2. The van der Waals surface area contributed by atoms with E-state index in [1.807, 2.05) is 0 Å². The molecule has 0 spiro atoms. The van der Waals surface area contributed by atoms with Crippen molar-refractivity contribution in [3.05, 3.63) is 29.3 Å². The first-order valence-corrected chi connectivity index (χ1v) is 6.10. The molecule has 2 amide bonds. The summed E-state index contributed by atoms with van der Waals surface area (Å²) in [6.45, 7) is 3.73. The highest BCUT2D eigenvalue weighted by atomic mass is 19.2. The number of benzene rings is 1. The lowest BCUT2D eigenvalue weighted by molar-refractivity contribution is -0.133. The summed E-state index contributed by atoms with van der Waals surface area (Å²) in [6.07, 6.45) is 0. The number of piperazine rings is 1. The molecule has 7 heteroatoms. The highest BCUT2D eigenvalue weighted by Gasteiger charge is 2.41. The van der Waals surface area contributed by atoms with Crippen LogP contribution in [-0.4, -0.2) is 35.3 Å². The van der Waals surface area contributed by atoms with Crippen molar-refractivity contribution in [3.63, 3.8) is 0 Å². The molecule has 0 bridgehead atoms. The average Bonchev–Trinajstić information content (AvgIpc) is 2.36. The van der Waals surface area contributed by atoms with Crippen molar-refractivity contribution in [2.24, 2.45) is 0 Å². The van der Waals surface area contributed by atoms with E-state index in [0.29, 0.717) is 6.54 Å². The zero-order valence-corrected chi connectivity index (χ0v) is 11.2. The maximum Gasteiger partial charge on any atom is 0.256 e. The molecule has 1 aromatic rings. The van der Waals surface area contributed by atoms with Crippen molar-refractivity contribution < 1.29 is 18.4 Å². The minimum Gasteiger partial charge on any atom is -0.398 e. The van der Waals surface area contributed by atoms with Crippen molar-refractivity contribution in [3.8, 4) is 0 Å². The van der Waals surface area contributed by atoms with Crippen molar-refractivity contribution in [2.75, 3.05) is 18.8 Å². The Bertz CT molecular complexity index is 587. The molecule has 0 radical (unpaired) electrons. The number of carbonyl (C=O) groups is 2. The Morgan fingerprint density at radius 1 is 1.35 bits per heavy atom. The fourth-order valence-electron chi connectivity index (χ4n) is 2.15. The number of nitrogens with zero attached hydrogens (tertiary/aromatic N) is 1. The van der Waals surface area contributed by atoms with Crippen molar-refractivity contribution in [1.29, 1.82) is 0 Å². The quantitative estimate of drug-likeness (QED) is 0.752. The Balaban J connectivity index is 2.41. The Morgan fingerprint density at radius 3 is 2.60 bits per heavy atom. The fraction of sp³-hybridized carbons (Fsp3) is 0.385. The third-order valence-electron chi connectivity index (χ3n) is 3.42. The van der Waals surface area contributed by atoms with Gasteiger partial charge in [0.05, 0.1) is 5.56 Å². The molecule has 1 aromatic carbocycles. The molecular weight excluding hydrogens is 268 g/mol. The number of nitrogens with one attached hydrogen (secondary N) is 1. The Labute approximate surface area is 114 Å². The van der Waals surface area contributed by atoms with Gasteiger partial charge in [-0.3, -0.25) is 9.59 Å². The molecule has 1 heterocycles. The van der Waals surface area contributed by atoms with Crippen molar-refractivity contribution >= 4 is 17.5 Å². The molecule has 0 saturated carbocycles. The molecule has 0 atom stereocenters. The molecule has 0 unspecified atom stereocenters. The fourth-order valence-corrected chi connectivity index (χ4v) is 2.15. The molecular formula is C13H15F2N3O2. The second-order valence-corrected chi connectivity index (χ2v) is 5.13. The van der Waals surface area contributed by atoms with E-state index in [-0.39, 0.29) is 23.7 Å². The first-order valence-electron chi connectivity index (χ1n) is 6.10. The molecule has 108 valence electrons. The van der Waals surface area contributed by atoms with Gasteiger partial charge >= 0.3 is 0 Å². The van der Waals surface area contributed by atoms with Gasteiger partial charge in [-0.15, -0.1) is 0 Å². The van der Waals surface area contributed by atoms with E-state index >= 15 is 0 Å². The number of nitrogens with two attached hydrogens (primary N) is 1. The Morgan fingerprint density at radius 2 is 1.95 bits per heavy atom. The van der Waals surface area contributed by atoms with Gasteiger partial charge in [-0.25, -0.2) is 8.78 Å². The monoisotopic (exact) mass is 283 g/mol. The van der Waals surface area contributed by atoms with Gasteiger partial charge in [0.2, 0.25) is 5.91 Å². The van der Waals surface area contributed by atoms with Crippen LogP contribution in [0.5, 0.6) is 0 Å². The van der Waals surface area contributed by atoms with Gasteiger partial charge in [-0.1, -0.05) is 0 Å². The van der Waals surface area contributed by atoms with Crippen molar-refractivity contribution in [2.45, 2.75) is 19.4 Å². The molecule has 20 heavy (non-hydrogen) atoms. The van der Waals surface area contributed by atoms with Crippen LogP contribution in [0, 0.1) is 11.6 Å². The van der Waals surface area contributed by atoms with Crippen LogP contribution in [0.15, 0.2) is 12.1 Å². The van der Waals surface area contributed by atoms with Crippen LogP contribution in [0.25, 0.3) is 0 Å². The maximum atomic E-state index is 13.3. The number of amides is 2. The summed E-state index contributed by atoms with van der Waals surface area (Å²) >= 11 is 0. The topological polar surface area (TPSA) is 75.4 Å². The lowest BCUT2D eigenvalue weighted by Gasteiger charge is -2.41. The number of carbonyl (C=O) groups excluding carboxylic acids is 2. The van der Waals surface area contributed by atoms with E-state index in [1.165, 1.54) is 4.90 Å². The predicted octanol–water partition coefficient (Wildman–Crippen LogP) is 0.898. The summed E-state index contributed by atoms with van der Waals surface area (Å²) in [7, 11) is 0. The van der Waals surface area contributed by atoms with Gasteiger partial charge in [0.1, 0.15) is 5.54 Å². The first-order chi connectivity index (χ1) is 9.25. The molecule has 1 fully saturated rings. The van der Waals surface area contributed by atoms with E-state index in [0.717, 1.165) is 12.1 Å². The lowest BCUT2D eigenvalue weighted by Crippen LogP contribution is -2.63. The highest BCUT2D eigenvalue weighted by Crippen LogP contribution is 2.24. The van der Waals surface area contributed by atoms with Crippen LogP contribution in [0.2, 0.25) is 0 Å². The standard InChI is InChI=1S/C13H15F2N3O2/c1-13(2)12(20)17-3-4-18(13)11(19)7-5-8(14)9(15)6-10(7)16/h5-6H,3-4,16H2,1-2H3,(H,17,20). The zero-order chi connectivity index (χ0) is 15.1. The van der Waals surface area contributed by atoms with Gasteiger partial charge in [-0.2, -0.15) is 0 Å². The minimum absolute atomic E-state index is 0.147. The van der Waals surface area contributed by atoms with Gasteiger partial charge in [0, 0.05) is 24.8 Å². The lowest BCUT2D eigenvalue weighted by atomic mass is 9.97. The van der Waals surface area contributed by atoms with Crippen LogP contribution in [0.1, 0.15) is 24.2 Å². The van der Waals surface area contributed by atoms with Crippen LogP contribution in [0.4, 0.5) is 14.5 Å². The van der Waals surface area contributed by atoms with E-state index in [2.05, 4.69) is 5.32 Å². The summed E-state index contributed by atoms with van der Waals surface area (Å²) in [5.74, 6) is -3.17. The van der Waals surface area contributed by atoms with Crippen LogP contribution < -0.4 is 11.1 Å². The van der Waals surface area contributed by atoms with E-state index in [4.69, 9.17) is 5.73 Å². The number of nitrogen functional groups attached to an aromatic ring is 1. The third kappa shape index (κ3) is 2.19. The normalized spacial score (nSPS) is 17.8. The molecule has 1 saturated heterocycles. The molecule has 3 N–H and O–H groups in total. The summed E-state index contributed by atoms with van der Waals surface area (Å²) in [6, 6.07) is 1.52. The minimum atomic E-state index is -1.15. The number of hydrogen-bond acceptors (Lipinski definition) is 3. The summed E-state index contributed by atoms with van der Waals surface area (Å²) < 4.78 is 26.3. The Hall–Kier alpha value is -2.18. The van der Waals surface area contributed by atoms with Crippen LogP contribution >= 0.6 is 0 Å². The third-order valence-corrected chi connectivity index (χ3v) is 3.42. The van der Waals surface area contributed by atoms with Gasteiger partial charge in [0.15, 0.2) is 11.6 Å². The smallest absolute Gasteiger partial charge is 0.256 e. The summed E-state index contributed by atoms with van der Waals surface area (Å²) in [5.41, 5.74) is 4.19. The average molecular weight is 283 g/mol. The predicted molar refractivity (Wildman–Crippen MR) is 68.9 cm³/mol. The number of rotatable bonds is 1. The molecule has 1 aliphatic rings. The number of hydrogen-bond donors (Lipinski definition) is 2. The molecule has 0 aliphatic carbocycles. The molecule has 2 rings (SSSR count). The second-order valence-electron chi connectivity index (χ2n) is 5.13. The summed E-state index contributed by atoms with van der Waals surface area (Å²) in [4.78, 5) is 25.5. The highest BCUT2D eigenvalue weighted by molar-refractivity contribution is 6.03. The van der Waals surface area contributed by atoms with Gasteiger partial charge in [0.25, 0.3) is 5.91 Å². The van der Waals surface area contributed by atoms with Gasteiger partial charge < -0.3 is 16.0 Å². The second kappa shape index (κ2) is 4.73. The zero-order valence-electron chi connectivity index (χ0n) is 11.2. The van der Waals surface area contributed by atoms with E-state index in [1.54, 1.807) is 13.8 Å².